The Hall–Kier alpha value is -2.62. The number of ether oxygens (including phenoxy) is 1. The van der Waals surface area contributed by atoms with Crippen LogP contribution in [0.1, 0.15) is 11.1 Å². The molecule has 0 heterocycles. The minimum absolute atomic E-state index is 0.135. The van der Waals surface area contributed by atoms with Gasteiger partial charge < -0.3 is 4.74 Å². The minimum Gasteiger partial charge on any atom is -0.497 e. The second-order valence-corrected chi connectivity index (χ2v) is 4.56. The van der Waals surface area contributed by atoms with Gasteiger partial charge in [-0.2, -0.15) is 5.10 Å². The first-order chi connectivity index (χ1) is 10.3. The molecule has 0 spiro atoms. The maximum Gasteiger partial charge on any atom is 0.244 e. The number of rotatable bonds is 6. The van der Waals surface area contributed by atoms with Crippen LogP contribution in [0.5, 0.6) is 5.75 Å². The van der Waals surface area contributed by atoms with Crippen LogP contribution in [0.15, 0.2) is 59.7 Å². The fraction of sp³-hybridized carbons (Fsp3) is 0.176. The fourth-order valence-corrected chi connectivity index (χ4v) is 1.85. The number of hydrogen-bond donors (Lipinski definition) is 1. The van der Waals surface area contributed by atoms with E-state index in [1.165, 1.54) is 0 Å². The molecule has 0 saturated carbocycles. The third kappa shape index (κ3) is 5.10. The molecule has 108 valence electrons. The van der Waals surface area contributed by atoms with E-state index < -0.39 is 0 Å². The van der Waals surface area contributed by atoms with E-state index in [-0.39, 0.29) is 5.91 Å². The monoisotopic (exact) mass is 282 g/mol. The molecule has 21 heavy (non-hydrogen) atoms. The number of hydrogen-bond acceptors (Lipinski definition) is 3. The van der Waals surface area contributed by atoms with E-state index in [4.69, 9.17) is 4.74 Å². The van der Waals surface area contributed by atoms with Gasteiger partial charge in [0.05, 0.1) is 13.5 Å². The summed E-state index contributed by atoms with van der Waals surface area (Å²) in [7, 11) is 1.61. The lowest BCUT2D eigenvalue weighted by atomic mass is 10.1. The van der Waals surface area contributed by atoms with E-state index >= 15 is 0 Å². The Balaban J connectivity index is 1.76. The summed E-state index contributed by atoms with van der Waals surface area (Å²) in [5.41, 5.74) is 4.61. The maximum atomic E-state index is 11.7. The number of hydrazone groups is 1. The van der Waals surface area contributed by atoms with Crippen molar-refractivity contribution in [2.45, 2.75) is 12.8 Å². The fourth-order valence-electron chi connectivity index (χ4n) is 1.85. The highest BCUT2D eigenvalue weighted by Crippen LogP contribution is 2.11. The van der Waals surface area contributed by atoms with Crippen LogP contribution in [-0.2, 0) is 17.6 Å². The van der Waals surface area contributed by atoms with Crippen LogP contribution >= 0.6 is 0 Å². The Kier molecular flexibility index (Phi) is 5.52. The van der Waals surface area contributed by atoms with E-state index in [9.17, 15) is 4.79 Å². The van der Waals surface area contributed by atoms with Gasteiger partial charge in [0, 0.05) is 12.6 Å². The zero-order chi connectivity index (χ0) is 14.9. The van der Waals surface area contributed by atoms with Crippen LogP contribution in [0.2, 0.25) is 0 Å². The highest BCUT2D eigenvalue weighted by atomic mass is 16.5. The molecule has 2 aromatic carbocycles. The first-order valence-electron chi connectivity index (χ1n) is 6.75. The Labute approximate surface area is 124 Å². The number of methoxy groups -OCH3 is 1. The van der Waals surface area contributed by atoms with Gasteiger partial charge >= 0.3 is 0 Å². The molecule has 0 fully saturated rings. The van der Waals surface area contributed by atoms with Gasteiger partial charge in [-0.3, -0.25) is 4.79 Å². The van der Waals surface area contributed by atoms with Crippen LogP contribution in [0.3, 0.4) is 0 Å². The Morgan fingerprint density at radius 2 is 1.81 bits per heavy atom. The van der Waals surface area contributed by atoms with Crippen LogP contribution in [0, 0.1) is 0 Å². The lowest BCUT2D eigenvalue weighted by Gasteiger charge is -2.02. The third-order valence-corrected chi connectivity index (χ3v) is 2.97. The van der Waals surface area contributed by atoms with Gasteiger partial charge in [0.15, 0.2) is 0 Å². The SMILES string of the molecule is COc1ccc(CC(=O)N/N=C/Cc2ccccc2)cc1. The summed E-state index contributed by atoms with van der Waals surface area (Å²) in [6.07, 6.45) is 2.69. The minimum atomic E-state index is -0.135. The average Bonchev–Trinajstić information content (AvgIpc) is 2.53. The van der Waals surface area contributed by atoms with Gasteiger partial charge in [-0.1, -0.05) is 42.5 Å². The topological polar surface area (TPSA) is 50.7 Å². The molecule has 0 aliphatic carbocycles. The number of carbonyl (C=O) groups excluding carboxylic acids is 1. The van der Waals surface area contributed by atoms with Gasteiger partial charge in [-0.05, 0) is 23.3 Å². The summed E-state index contributed by atoms with van der Waals surface area (Å²) in [5.74, 6) is 0.643. The van der Waals surface area contributed by atoms with E-state index in [1.807, 2.05) is 54.6 Å². The molecule has 0 aromatic heterocycles. The van der Waals surface area contributed by atoms with E-state index in [0.717, 1.165) is 16.9 Å². The van der Waals surface area contributed by atoms with Crippen LogP contribution in [0.25, 0.3) is 0 Å². The molecule has 0 radical (unpaired) electrons. The molecule has 2 rings (SSSR count). The van der Waals surface area contributed by atoms with Gasteiger partial charge in [-0.25, -0.2) is 5.43 Å². The molecule has 0 aliphatic rings. The Morgan fingerprint density at radius 1 is 1.10 bits per heavy atom. The largest absolute Gasteiger partial charge is 0.497 e. The van der Waals surface area contributed by atoms with Crippen molar-refractivity contribution in [1.29, 1.82) is 0 Å². The third-order valence-electron chi connectivity index (χ3n) is 2.97. The van der Waals surface area contributed by atoms with Crippen molar-refractivity contribution in [3.8, 4) is 5.75 Å². The summed E-state index contributed by atoms with van der Waals surface area (Å²) in [6, 6.07) is 17.4. The maximum absolute atomic E-state index is 11.7. The van der Waals surface area contributed by atoms with Crippen LogP contribution < -0.4 is 10.2 Å². The molecule has 0 saturated heterocycles. The summed E-state index contributed by atoms with van der Waals surface area (Å²) >= 11 is 0. The summed E-state index contributed by atoms with van der Waals surface area (Å²) in [5, 5.41) is 3.95. The number of nitrogens with one attached hydrogen (secondary N) is 1. The van der Waals surface area contributed by atoms with Crippen LogP contribution in [-0.4, -0.2) is 19.2 Å². The summed E-state index contributed by atoms with van der Waals surface area (Å²) in [4.78, 5) is 11.7. The first-order valence-corrected chi connectivity index (χ1v) is 6.75. The number of carbonyl (C=O) groups is 1. The molecule has 0 atom stereocenters. The van der Waals surface area contributed by atoms with Crippen LogP contribution in [0.4, 0.5) is 0 Å². The smallest absolute Gasteiger partial charge is 0.244 e. The lowest BCUT2D eigenvalue weighted by molar-refractivity contribution is -0.120. The molecule has 4 nitrogen and oxygen atoms in total. The number of nitrogens with zero attached hydrogens (tertiary/aromatic N) is 1. The van der Waals surface area contributed by atoms with E-state index in [0.29, 0.717) is 12.8 Å². The lowest BCUT2D eigenvalue weighted by Crippen LogP contribution is -2.19. The van der Waals surface area contributed by atoms with Gasteiger partial charge in [0.2, 0.25) is 5.91 Å². The molecule has 1 N–H and O–H groups in total. The van der Waals surface area contributed by atoms with Crippen molar-refractivity contribution in [2.75, 3.05) is 7.11 Å². The molecule has 0 unspecified atom stereocenters. The Bertz CT molecular complexity index is 592. The zero-order valence-corrected chi connectivity index (χ0v) is 12.0. The second-order valence-electron chi connectivity index (χ2n) is 4.56. The average molecular weight is 282 g/mol. The standard InChI is InChI=1S/C17H18N2O2/c1-21-16-9-7-15(8-10-16)13-17(20)19-18-12-11-14-5-3-2-4-6-14/h2-10,12H,11,13H2,1H3,(H,19,20)/b18-12+. The van der Waals surface area contributed by atoms with Crippen molar-refractivity contribution in [3.05, 3.63) is 65.7 Å². The van der Waals surface area contributed by atoms with Crippen molar-refractivity contribution < 1.29 is 9.53 Å². The van der Waals surface area contributed by atoms with Crippen molar-refractivity contribution >= 4 is 12.1 Å². The molecule has 2 aromatic rings. The Morgan fingerprint density at radius 3 is 2.48 bits per heavy atom. The highest BCUT2D eigenvalue weighted by molar-refractivity contribution is 5.79. The molecule has 1 amide bonds. The van der Waals surface area contributed by atoms with Crippen molar-refractivity contribution in [2.24, 2.45) is 5.10 Å². The first kappa shape index (κ1) is 14.8. The normalized spacial score (nSPS) is 10.5. The highest BCUT2D eigenvalue weighted by Gasteiger charge is 2.02. The quantitative estimate of drug-likeness (QED) is 0.654. The van der Waals surface area contributed by atoms with Crippen molar-refractivity contribution in [3.63, 3.8) is 0 Å². The molecule has 0 bridgehead atoms. The van der Waals surface area contributed by atoms with Gasteiger partial charge in [0.1, 0.15) is 5.75 Å². The predicted molar refractivity (Wildman–Crippen MR) is 83.5 cm³/mol. The number of amides is 1. The van der Waals surface area contributed by atoms with Crippen molar-refractivity contribution in [1.82, 2.24) is 5.43 Å². The number of benzene rings is 2. The molecular formula is C17H18N2O2. The van der Waals surface area contributed by atoms with Gasteiger partial charge in [-0.15, -0.1) is 0 Å². The summed E-state index contributed by atoms with van der Waals surface area (Å²) < 4.78 is 5.07. The molecular weight excluding hydrogens is 264 g/mol. The predicted octanol–water partition coefficient (Wildman–Crippen LogP) is 2.58. The second kappa shape index (κ2) is 7.85. The molecule has 0 aliphatic heterocycles. The van der Waals surface area contributed by atoms with Gasteiger partial charge in [0.25, 0.3) is 0 Å². The van der Waals surface area contributed by atoms with E-state index in [2.05, 4.69) is 10.5 Å². The van der Waals surface area contributed by atoms with E-state index in [1.54, 1.807) is 13.3 Å². The summed E-state index contributed by atoms with van der Waals surface area (Å²) in [6.45, 7) is 0. The molecule has 4 heteroatoms. The zero-order valence-electron chi connectivity index (χ0n) is 12.0.